The quantitative estimate of drug-likeness (QED) is 0.809. The van der Waals surface area contributed by atoms with Crippen LogP contribution < -0.4 is 14.9 Å². The highest BCUT2D eigenvalue weighted by Gasteiger charge is 2.25. The molecule has 0 bridgehead atoms. The summed E-state index contributed by atoms with van der Waals surface area (Å²) >= 11 is 0. The van der Waals surface area contributed by atoms with Crippen LogP contribution in [-0.4, -0.2) is 22.4 Å². The molecule has 1 unspecified atom stereocenters. The van der Waals surface area contributed by atoms with Crippen molar-refractivity contribution >= 4 is 17.1 Å². The highest BCUT2D eigenvalue weighted by molar-refractivity contribution is 5.87. The normalized spacial score (nSPS) is 16.8. The summed E-state index contributed by atoms with van der Waals surface area (Å²) in [5.74, 6) is -0.875. The van der Waals surface area contributed by atoms with Gasteiger partial charge in [0.15, 0.2) is 17.3 Å². The number of carbonyl (C=O) groups is 1. The highest BCUT2D eigenvalue weighted by Crippen LogP contribution is 2.34. The summed E-state index contributed by atoms with van der Waals surface area (Å²) in [6.45, 7) is 2.03. The fourth-order valence-corrected chi connectivity index (χ4v) is 2.30. The standard InChI is InChI=1S/C13H10FNO5/c1-6-5-19-12-8(14)3-2-7-10(12)15(6)4-9(11(7)16)20-13(17)18/h2-4,6H,5H2,1H3,(H,17,18). The summed E-state index contributed by atoms with van der Waals surface area (Å²) in [6, 6.07) is 2.23. The van der Waals surface area contributed by atoms with Crippen molar-refractivity contribution in [2.24, 2.45) is 0 Å². The first-order valence-corrected chi connectivity index (χ1v) is 5.90. The third-order valence-corrected chi connectivity index (χ3v) is 3.21. The van der Waals surface area contributed by atoms with E-state index in [9.17, 15) is 14.0 Å². The summed E-state index contributed by atoms with van der Waals surface area (Å²) in [5.41, 5.74) is -0.302. The van der Waals surface area contributed by atoms with Gasteiger partial charge < -0.3 is 19.1 Å². The smallest absolute Gasteiger partial charge is 0.486 e. The first-order chi connectivity index (χ1) is 9.49. The Hall–Kier alpha value is -2.57. The van der Waals surface area contributed by atoms with Crippen LogP contribution >= 0.6 is 0 Å². The molecular formula is C13H10FNO5. The van der Waals surface area contributed by atoms with Crippen LogP contribution in [0.5, 0.6) is 11.5 Å². The number of aromatic nitrogens is 1. The Bertz CT molecular complexity index is 782. The lowest BCUT2D eigenvalue weighted by atomic mass is 10.1. The topological polar surface area (TPSA) is 77.8 Å². The van der Waals surface area contributed by atoms with Gasteiger partial charge in [-0.15, -0.1) is 0 Å². The Labute approximate surface area is 112 Å². The molecule has 104 valence electrons. The molecule has 1 aromatic carbocycles. The van der Waals surface area contributed by atoms with Gasteiger partial charge in [-0.1, -0.05) is 0 Å². The molecule has 2 aromatic rings. The number of hydrogen-bond donors (Lipinski definition) is 1. The zero-order valence-electron chi connectivity index (χ0n) is 10.4. The molecular weight excluding hydrogens is 269 g/mol. The van der Waals surface area contributed by atoms with Gasteiger partial charge in [0.25, 0.3) is 0 Å². The molecule has 3 rings (SSSR count). The molecule has 7 heteroatoms. The maximum atomic E-state index is 13.7. The van der Waals surface area contributed by atoms with E-state index < -0.39 is 17.4 Å². The van der Waals surface area contributed by atoms with Gasteiger partial charge in [-0.25, -0.2) is 9.18 Å². The zero-order chi connectivity index (χ0) is 14.4. The van der Waals surface area contributed by atoms with E-state index in [2.05, 4.69) is 4.74 Å². The Morgan fingerprint density at radius 2 is 2.30 bits per heavy atom. The summed E-state index contributed by atoms with van der Waals surface area (Å²) in [7, 11) is 0. The molecule has 1 aliphatic heterocycles. The summed E-state index contributed by atoms with van der Waals surface area (Å²) in [4.78, 5) is 22.8. The lowest BCUT2D eigenvalue weighted by molar-refractivity contribution is 0.143. The van der Waals surface area contributed by atoms with E-state index in [1.54, 1.807) is 4.57 Å². The van der Waals surface area contributed by atoms with E-state index >= 15 is 0 Å². The number of hydrogen-bond acceptors (Lipinski definition) is 4. The lowest BCUT2D eigenvalue weighted by Gasteiger charge is -2.26. The van der Waals surface area contributed by atoms with Gasteiger partial charge in [-0.05, 0) is 19.1 Å². The molecule has 0 radical (unpaired) electrons. The van der Waals surface area contributed by atoms with Gasteiger partial charge in [0.2, 0.25) is 5.43 Å². The second-order valence-electron chi connectivity index (χ2n) is 4.53. The Morgan fingerprint density at radius 1 is 1.55 bits per heavy atom. The maximum absolute atomic E-state index is 13.7. The minimum Gasteiger partial charge on any atom is -0.486 e. The maximum Gasteiger partial charge on any atom is 0.511 e. The van der Waals surface area contributed by atoms with E-state index in [0.717, 1.165) is 6.07 Å². The SMILES string of the molecule is CC1COc2c(F)ccc3c(=O)c(OC(=O)O)cn1c23. The van der Waals surface area contributed by atoms with Gasteiger partial charge in [0.05, 0.1) is 23.1 Å². The van der Waals surface area contributed by atoms with E-state index in [1.165, 1.54) is 12.3 Å². The van der Waals surface area contributed by atoms with Gasteiger partial charge in [-0.3, -0.25) is 4.79 Å². The number of pyridine rings is 1. The highest BCUT2D eigenvalue weighted by atomic mass is 19.1. The number of rotatable bonds is 1. The largest absolute Gasteiger partial charge is 0.511 e. The molecule has 2 heterocycles. The Morgan fingerprint density at radius 3 is 3.00 bits per heavy atom. The van der Waals surface area contributed by atoms with E-state index in [0.29, 0.717) is 5.52 Å². The summed E-state index contributed by atoms with van der Waals surface area (Å²) in [6.07, 6.45) is -0.300. The number of benzene rings is 1. The van der Waals surface area contributed by atoms with Crippen LogP contribution in [0.1, 0.15) is 13.0 Å². The molecule has 0 saturated carbocycles. The van der Waals surface area contributed by atoms with Gasteiger partial charge >= 0.3 is 6.16 Å². The van der Waals surface area contributed by atoms with E-state index in [1.807, 2.05) is 6.92 Å². The zero-order valence-corrected chi connectivity index (χ0v) is 10.4. The second kappa shape index (κ2) is 4.22. The fourth-order valence-electron chi connectivity index (χ4n) is 2.30. The third-order valence-electron chi connectivity index (χ3n) is 3.21. The van der Waals surface area contributed by atoms with Gasteiger partial charge in [0.1, 0.15) is 6.61 Å². The van der Waals surface area contributed by atoms with E-state index in [4.69, 9.17) is 9.84 Å². The van der Waals surface area contributed by atoms with Crippen LogP contribution in [0.4, 0.5) is 9.18 Å². The first kappa shape index (κ1) is 12.5. The Balaban J connectivity index is 2.40. The number of ether oxygens (including phenoxy) is 2. The molecule has 0 fully saturated rings. The van der Waals surface area contributed by atoms with Crippen molar-refractivity contribution < 1.29 is 23.8 Å². The summed E-state index contributed by atoms with van der Waals surface area (Å²) < 4.78 is 25.1. The van der Waals surface area contributed by atoms with Crippen molar-refractivity contribution in [2.45, 2.75) is 13.0 Å². The number of carboxylic acid groups (broad SMARTS) is 1. The average Bonchev–Trinajstić information content (AvgIpc) is 2.39. The monoisotopic (exact) mass is 279 g/mol. The molecule has 20 heavy (non-hydrogen) atoms. The van der Waals surface area contributed by atoms with Crippen LogP contribution in [0, 0.1) is 5.82 Å². The van der Waals surface area contributed by atoms with Crippen molar-refractivity contribution in [3.05, 3.63) is 34.4 Å². The molecule has 0 spiro atoms. The van der Waals surface area contributed by atoms with Crippen molar-refractivity contribution in [3.8, 4) is 11.5 Å². The molecule has 1 aliphatic rings. The fraction of sp³-hybridized carbons (Fsp3) is 0.231. The molecule has 0 saturated heterocycles. The Kier molecular flexibility index (Phi) is 2.63. The van der Waals surface area contributed by atoms with Crippen LogP contribution in [0.15, 0.2) is 23.1 Å². The van der Waals surface area contributed by atoms with Crippen molar-refractivity contribution in [3.63, 3.8) is 0 Å². The predicted molar refractivity (Wildman–Crippen MR) is 67.0 cm³/mol. The average molecular weight is 279 g/mol. The van der Waals surface area contributed by atoms with Crippen LogP contribution in [0.2, 0.25) is 0 Å². The van der Waals surface area contributed by atoms with Crippen LogP contribution in [0.25, 0.3) is 10.9 Å². The van der Waals surface area contributed by atoms with Crippen molar-refractivity contribution in [1.29, 1.82) is 0 Å². The molecule has 0 aliphatic carbocycles. The number of nitrogens with zero attached hydrogens (tertiary/aromatic N) is 1. The van der Waals surface area contributed by atoms with Crippen molar-refractivity contribution in [2.75, 3.05) is 6.61 Å². The molecule has 1 aromatic heterocycles. The third kappa shape index (κ3) is 1.70. The van der Waals surface area contributed by atoms with Crippen molar-refractivity contribution in [1.82, 2.24) is 4.57 Å². The van der Waals surface area contributed by atoms with Gasteiger partial charge in [-0.2, -0.15) is 0 Å². The minimum absolute atomic E-state index is 0.000394. The molecule has 1 N–H and O–H groups in total. The first-order valence-electron chi connectivity index (χ1n) is 5.90. The van der Waals surface area contributed by atoms with Crippen LogP contribution in [-0.2, 0) is 0 Å². The second-order valence-corrected chi connectivity index (χ2v) is 4.53. The number of halogens is 1. The molecule has 6 nitrogen and oxygen atoms in total. The predicted octanol–water partition coefficient (Wildman–Crippen LogP) is 2.15. The minimum atomic E-state index is -1.57. The summed E-state index contributed by atoms with van der Waals surface area (Å²) in [5, 5.41) is 8.81. The lowest BCUT2D eigenvalue weighted by Crippen LogP contribution is -2.25. The van der Waals surface area contributed by atoms with E-state index in [-0.39, 0.29) is 29.5 Å². The van der Waals surface area contributed by atoms with Gasteiger partial charge in [0, 0.05) is 0 Å². The molecule has 1 atom stereocenters. The van der Waals surface area contributed by atoms with Crippen LogP contribution in [0.3, 0.4) is 0 Å². The molecule has 0 amide bonds.